The minimum atomic E-state index is -0.424. The van der Waals surface area contributed by atoms with Crippen LogP contribution in [0.25, 0.3) is 0 Å². The minimum Gasteiger partial charge on any atom is -0.349 e. The molecule has 0 aliphatic carbocycles. The summed E-state index contributed by atoms with van der Waals surface area (Å²) in [6.45, 7) is 5.52. The summed E-state index contributed by atoms with van der Waals surface area (Å²) in [5.74, 6) is 0.156. The molecule has 0 aromatic heterocycles. The Kier molecular flexibility index (Phi) is 5.55. The Labute approximate surface area is 109 Å². The van der Waals surface area contributed by atoms with Gasteiger partial charge in [-0.3, -0.25) is 14.5 Å². The second-order valence-corrected chi connectivity index (χ2v) is 4.99. The number of hydrogen-bond acceptors (Lipinski definition) is 4. The third-order valence-corrected chi connectivity index (χ3v) is 3.21. The SMILES string of the molecule is C[C@@H](N)C(=O)N1CCN(CCC(=O)N(C)C)CC1. The molecule has 6 heteroatoms. The van der Waals surface area contributed by atoms with Crippen molar-refractivity contribution in [3.05, 3.63) is 0 Å². The van der Waals surface area contributed by atoms with E-state index in [0.29, 0.717) is 19.5 Å². The van der Waals surface area contributed by atoms with Crippen LogP contribution in [-0.2, 0) is 9.59 Å². The van der Waals surface area contributed by atoms with Gasteiger partial charge in [-0.2, -0.15) is 0 Å². The molecule has 0 unspecified atom stereocenters. The fourth-order valence-corrected chi connectivity index (χ4v) is 1.96. The standard InChI is InChI=1S/C12H24N4O2/c1-10(13)12(18)16-8-6-15(7-9-16)5-4-11(17)14(2)3/h10H,4-9,13H2,1-3H3/t10-/m1/s1. The molecule has 0 bridgehead atoms. The number of rotatable bonds is 4. The Morgan fingerprint density at radius 3 is 2.22 bits per heavy atom. The van der Waals surface area contributed by atoms with Gasteiger partial charge in [0.05, 0.1) is 6.04 Å². The van der Waals surface area contributed by atoms with E-state index in [-0.39, 0.29) is 11.8 Å². The van der Waals surface area contributed by atoms with Gasteiger partial charge < -0.3 is 15.5 Å². The van der Waals surface area contributed by atoms with E-state index in [1.807, 2.05) is 0 Å². The first-order valence-electron chi connectivity index (χ1n) is 6.38. The third-order valence-electron chi connectivity index (χ3n) is 3.21. The molecule has 1 atom stereocenters. The van der Waals surface area contributed by atoms with Crippen LogP contribution in [0.1, 0.15) is 13.3 Å². The lowest BCUT2D eigenvalue weighted by atomic mass is 10.2. The Bertz CT molecular complexity index is 296. The lowest BCUT2D eigenvalue weighted by Gasteiger charge is -2.35. The maximum absolute atomic E-state index is 11.7. The summed E-state index contributed by atoms with van der Waals surface area (Å²) < 4.78 is 0. The normalized spacial score (nSPS) is 18.6. The van der Waals surface area contributed by atoms with Gasteiger partial charge in [0.1, 0.15) is 0 Å². The van der Waals surface area contributed by atoms with E-state index in [0.717, 1.165) is 19.6 Å². The monoisotopic (exact) mass is 256 g/mol. The van der Waals surface area contributed by atoms with E-state index >= 15 is 0 Å². The highest BCUT2D eigenvalue weighted by Crippen LogP contribution is 2.04. The van der Waals surface area contributed by atoms with Crippen molar-refractivity contribution in [3.63, 3.8) is 0 Å². The predicted molar refractivity (Wildman–Crippen MR) is 70.0 cm³/mol. The molecule has 6 nitrogen and oxygen atoms in total. The van der Waals surface area contributed by atoms with E-state index < -0.39 is 6.04 Å². The smallest absolute Gasteiger partial charge is 0.239 e. The van der Waals surface area contributed by atoms with Crippen LogP contribution >= 0.6 is 0 Å². The van der Waals surface area contributed by atoms with Gasteiger partial charge in [-0.15, -0.1) is 0 Å². The van der Waals surface area contributed by atoms with Crippen LogP contribution in [0.5, 0.6) is 0 Å². The van der Waals surface area contributed by atoms with Crippen molar-refractivity contribution in [2.24, 2.45) is 5.73 Å². The van der Waals surface area contributed by atoms with Crippen molar-refractivity contribution >= 4 is 11.8 Å². The fraction of sp³-hybridized carbons (Fsp3) is 0.833. The fourth-order valence-electron chi connectivity index (χ4n) is 1.96. The second-order valence-electron chi connectivity index (χ2n) is 4.99. The lowest BCUT2D eigenvalue weighted by molar-refractivity contribution is -0.134. The summed E-state index contributed by atoms with van der Waals surface area (Å²) in [6, 6.07) is -0.424. The number of carbonyl (C=O) groups is 2. The number of hydrogen-bond donors (Lipinski definition) is 1. The van der Waals surface area contributed by atoms with E-state index in [4.69, 9.17) is 5.73 Å². The summed E-state index contributed by atoms with van der Waals surface area (Å²) in [6.07, 6.45) is 0.536. The summed E-state index contributed by atoms with van der Waals surface area (Å²) in [7, 11) is 3.53. The Morgan fingerprint density at radius 2 is 1.78 bits per heavy atom. The molecule has 1 heterocycles. The van der Waals surface area contributed by atoms with E-state index in [9.17, 15) is 9.59 Å². The average Bonchev–Trinajstić information content (AvgIpc) is 2.35. The largest absolute Gasteiger partial charge is 0.349 e. The quantitative estimate of drug-likeness (QED) is 0.697. The van der Waals surface area contributed by atoms with Crippen LogP contribution in [0.4, 0.5) is 0 Å². The highest BCUT2D eigenvalue weighted by molar-refractivity contribution is 5.81. The molecular weight excluding hydrogens is 232 g/mol. The average molecular weight is 256 g/mol. The second kappa shape index (κ2) is 6.70. The molecule has 0 aromatic carbocycles. The molecule has 0 saturated carbocycles. The summed E-state index contributed by atoms with van der Waals surface area (Å²) in [4.78, 5) is 28.8. The molecular formula is C12H24N4O2. The van der Waals surface area contributed by atoms with Crippen molar-refractivity contribution in [3.8, 4) is 0 Å². The van der Waals surface area contributed by atoms with Gasteiger partial charge in [0, 0.05) is 53.2 Å². The zero-order chi connectivity index (χ0) is 13.7. The lowest BCUT2D eigenvalue weighted by Crippen LogP contribution is -2.52. The predicted octanol–water partition coefficient (Wildman–Crippen LogP) is -1.04. The van der Waals surface area contributed by atoms with Crippen LogP contribution in [0.3, 0.4) is 0 Å². The highest BCUT2D eigenvalue weighted by Gasteiger charge is 2.23. The number of piperazine rings is 1. The molecule has 18 heavy (non-hydrogen) atoms. The molecule has 104 valence electrons. The molecule has 0 aromatic rings. The number of amides is 2. The van der Waals surface area contributed by atoms with Gasteiger partial charge in [-0.05, 0) is 6.92 Å². The van der Waals surface area contributed by atoms with Crippen molar-refractivity contribution in [1.29, 1.82) is 0 Å². The molecule has 0 radical (unpaired) electrons. The summed E-state index contributed by atoms with van der Waals surface area (Å²) >= 11 is 0. The molecule has 1 rings (SSSR count). The molecule has 1 saturated heterocycles. The molecule has 1 aliphatic rings. The molecule has 1 aliphatic heterocycles. The molecule has 0 spiro atoms. The van der Waals surface area contributed by atoms with Gasteiger partial charge in [0.15, 0.2) is 0 Å². The van der Waals surface area contributed by atoms with Gasteiger partial charge in [-0.1, -0.05) is 0 Å². The molecule has 1 fully saturated rings. The van der Waals surface area contributed by atoms with Crippen LogP contribution < -0.4 is 5.73 Å². The number of nitrogens with zero attached hydrogens (tertiary/aromatic N) is 3. The van der Waals surface area contributed by atoms with Crippen LogP contribution in [0.2, 0.25) is 0 Å². The van der Waals surface area contributed by atoms with Crippen molar-refractivity contribution in [2.45, 2.75) is 19.4 Å². The van der Waals surface area contributed by atoms with Gasteiger partial charge in [-0.25, -0.2) is 0 Å². The Hall–Kier alpha value is -1.14. The Morgan fingerprint density at radius 1 is 1.22 bits per heavy atom. The number of nitrogens with two attached hydrogens (primary N) is 1. The van der Waals surface area contributed by atoms with Gasteiger partial charge in [0.2, 0.25) is 11.8 Å². The summed E-state index contributed by atoms with van der Waals surface area (Å²) in [5, 5.41) is 0. The maximum atomic E-state index is 11.7. The van der Waals surface area contributed by atoms with Crippen molar-refractivity contribution in [2.75, 3.05) is 46.8 Å². The number of carbonyl (C=O) groups excluding carboxylic acids is 2. The molecule has 2 amide bonds. The topological polar surface area (TPSA) is 69.9 Å². The van der Waals surface area contributed by atoms with Crippen molar-refractivity contribution in [1.82, 2.24) is 14.7 Å². The van der Waals surface area contributed by atoms with Crippen molar-refractivity contribution < 1.29 is 9.59 Å². The van der Waals surface area contributed by atoms with Gasteiger partial charge in [0.25, 0.3) is 0 Å². The van der Waals surface area contributed by atoms with E-state index in [2.05, 4.69) is 4.90 Å². The third kappa shape index (κ3) is 4.27. The summed E-state index contributed by atoms with van der Waals surface area (Å²) in [5.41, 5.74) is 5.58. The Balaban J connectivity index is 2.27. The van der Waals surface area contributed by atoms with Gasteiger partial charge >= 0.3 is 0 Å². The van der Waals surface area contributed by atoms with E-state index in [1.165, 1.54) is 0 Å². The zero-order valence-electron chi connectivity index (χ0n) is 11.6. The van der Waals surface area contributed by atoms with Crippen LogP contribution in [0.15, 0.2) is 0 Å². The molecule has 2 N–H and O–H groups in total. The van der Waals surface area contributed by atoms with Crippen LogP contribution in [0, 0.1) is 0 Å². The first kappa shape index (κ1) is 14.9. The zero-order valence-corrected chi connectivity index (χ0v) is 11.6. The highest BCUT2D eigenvalue weighted by atomic mass is 16.2. The maximum Gasteiger partial charge on any atom is 0.239 e. The minimum absolute atomic E-state index is 0.0130. The van der Waals surface area contributed by atoms with Crippen LogP contribution in [-0.4, -0.2) is 79.4 Å². The van der Waals surface area contributed by atoms with E-state index in [1.54, 1.807) is 30.8 Å². The first-order chi connectivity index (χ1) is 8.41. The first-order valence-corrected chi connectivity index (χ1v) is 6.38.